The summed E-state index contributed by atoms with van der Waals surface area (Å²) >= 11 is 1.91. The lowest BCUT2D eigenvalue weighted by Gasteiger charge is -2.09. The maximum atomic E-state index is 4.60. The van der Waals surface area contributed by atoms with Crippen molar-refractivity contribution in [1.82, 2.24) is 10.3 Å². The number of aryl methyl sites for hydroxylation is 1. The Bertz CT molecular complexity index is 244. The second-order valence-corrected chi connectivity index (χ2v) is 4.32. The van der Waals surface area contributed by atoms with Gasteiger partial charge in [0.15, 0.2) is 0 Å². The molecule has 0 saturated carbocycles. The molecule has 66 valence electrons. The Labute approximate surface area is 77.0 Å². The Kier molecular flexibility index (Phi) is 2.42. The third-order valence-corrected chi connectivity index (χ3v) is 3.32. The van der Waals surface area contributed by atoms with Gasteiger partial charge in [-0.15, -0.1) is 11.3 Å². The van der Waals surface area contributed by atoms with Crippen molar-refractivity contribution in [2.24, 2.45) is 0 Å². The number of fused-ring (bicyclic) bond motifs is 1. The first-order valence-corrected chi connectivity index (χ1v) is 5.40. The maximum Gasteiger partial charge on any atom is 0.0931 e. The van der Waals surface area contributed by atoms with E-state index in [4.69, 9.17) is 0 Å². The molecule has 0 atom stereocenters. The SMILES string of the molecule is CCCc1nc2c(s1)CCNC2. The van der Waals surface area contributed by atoms with Gasteiger partial charge >= 0.3 is 0 Å². The van der Waals surface area contributed by atoms with Gasteiger partial charge in [-0.05, 0) is 19.3 Å². The molecular formula is C9H14N2S. The first kappa shape index (κ1) is 8.20. The summed E-state index contributed by atoms with van der Waals surface area (Å²) < 4.78 is 0. The van der Waals surface area contributed by atoms with E-state index < -0.39 is 0 Å². The van der Waals surface area contributed by atoms with E-state index in [0.29, 0.717) is 0 Å². The predicted molar refractivity (Wildman–Crippen MR) is 51.5 cm³/mol. The van der Waals surface area contributed by atoms with E-state index in [1.165, 1.54) is 28.4 Å². The molecule has 2 rings (SSSR count). The van der Waals surface area contributed by atoms with E-state index in [-0.39, 0.29) is 0 Å². The van der Waals surface area contributed by atoms with Crippen molar-refractivity contribution >= 4 is 11.3 Å². The number of nitrogens with zero attached hydrogens (tertiary/aromatic N) is 1. The van der Waals surface area contributed by atoms with Gasteiger partial charge in [-0.2, -0.15) is 0 Å². The molecule has 12 heavy (non-hydrogen) atoms. The Morgan fingerprint density at radius 1 is 1.58 bits per heavy atom. The molecule has 2 nitrogen and oxygen atoms in total. The molecule has 0 radical (unpaired) electrons. The van der Waals surface area contributed by atoms with Gasteiger partial charge in [0, 0.05) is 18.0 Å². The van der Waals surface area contributed by atoms with Crippen LogP contribution < -0.4 is 5.32 Å². The van der Waals surface area contributed by atoms with Crippen LogP contribution in [0.25, 0.3) is 0 Å². The number of thiazole rings is 1. The Hall–Kier alpha value is -0.410. The van der Waals surface area contributed by atoms with Crippen LogP contribution in [-0.2, 0) is 19.4 Å². The molecule has 3 heteroatoms. The van der Waals surface area contributed by atoms with Gasteiger partial charge in [0.25, 0.3) is 0 Å². The highest BCUT2D eigenvalue weighted by Crippen LogP contribution is 2.22. The van der Waals surface area contributed by atoms with Gasteiger partial charge < -0.3 is 5.32 Å². The summed E-state index contributed by atoms with van der Waals surface area (Å²) in [7, 11) is 0. The highest BCUT2D eigenvalue weighted by molar-refractivity contribution is 7.11. The second-order valence-electron chi connectivity index (χ2n) is 3.15. The predicted octanol–water partition coefficient (Wildman–Crippen LogP) is 1.74. The Balaban J connectivity index is 2.20. The monoisotopic (exact) mass is 182 g/mol. The van der Waals surface area contributed by atoms with Crippen molar-refractivity contribution in [2.75, 3.05) is 6.54 Å². The molecule has 0 saturated heterocycles. The molecule has 0 unspecified atom stereocenters. The molecule has 0 spiro atoms. The lowest BCUT2D eigenvalue weighted by atomic mass is 10.2. The van der Waals surface area contributed by atoms with Crippen molar-refractivity contribution in [1.29, 1.82) is 0 Å². The minimum absolute atomic E-state index is 0.982. The van der Waals surface area contributed by atoms with Gasteiger partial charge in [0.05, 0.1) is 10.7 Å². The van der Waals surface area contributed by atoms with Crippen LogP contribution in [0.2, 0.25) is 0 Å². The van der Waals surface area contributed by atoms with Crippen LogP contribution in [0.3, 0.4) is 0 Å². The molecule has 1 aliphatic heterocycles. The van der Waals surface area contributed by atoms with Crippen LogP contribution in [0.5, 0.6) is 0 Å². The van der Waals surface area contributed by atoms with E-state index in [0.717, 1.165) is 19.5 Å². The fraction of sp³-hybridized carbons (Fsp3) is 0.667. The van der Waals surface area contributed by atoms with E-state index in [2.05, 4.69) is 17.2 Å². The number of hydrogen-bond acceptors (Lipinski definition) is 3. The van der Waals surface area contributed by atoms with E-state index in [1.807, 2.05) is 11.3 Å². The highest BCUT2D eigenvalue weighted by Gasteiger charge is 2.13. The van der Waals surface area contributed by atoms with Crippen molar-refractivity contribution in [3.8, 4) is 0 Å². The van der Waals surface area contributed by atoms with Crippen LogP contribution in [0.4, 0.5) is 0 Å². The molecule has 2 heterocycles. The summed E-state index contributed by atoms with van der Waals surface area (Å²) in [6.07, 6.45) is 3.54. The molecule has 0 fully saturated rings. The third kappa shape index (κ3) is 1.52. The van der Waals surface area contributed by atoms with Gasteiger partial charge in [0.1, 0.15) is 0 Å². The zero-order chi connectivity index (χ0) is 8.39. The van der Waals surface area contributed by atoms with Crippen molar-refractivity contribution in [2.45, 2.75) is 32.7 Å². The van der Waals surface area contributed by atoms with Crippen LogP contribution in [0.1, 0.15) is 28.9 Å². The smallest absolute Gasteiger partial charge is 0.0931 e. The van der Waals surface area contributed by atoms with Gasteiger partial charge in [-0.25, -0.2) is 4.98 Å². The third-order valence-electron chi connectivity index (χ3n) is 2.11. The molecule has 0 amide bonds. The Morgan fingerprint density at radius 3 is 3.25 bits per heavy atom. The van der Waals surface area contributed by atoms with E-state index in [9.17, 15) is 0 Å². The molecule has 1 aromatic rings. The fourth-order valence-electron chi connectivity index (χ4n) is 1.50. The van der Waals surface area contributed by atoms with Crippen molar-refractivity contribution in [3.05, 3.63) is 15.6 Å². The van der Waals surface area contributed by atoms with Gasteiger partial charge in [-0.1, -0.05) is 6.92 Å². The summed E-state index contributed by atoms with van der Waals surface area (Å²) in [5, 5.41) is 4.67. The fourth-order valence-corrected chi connectivity index (χ4v) is 2.69. The highest BCUT2D eigenvalue weighted by atomic mass is 32.1. The summed E-state index contributed by atoms with van der Waals surface area (Å²) in [4.78, 5) is 6.11. The van der Waals surface area contributed by atoms with Crippen LogP contribution in [-0.4, -0.2) is 11.5 Å². The zero-order valence-electron chi connectivity index (χ0n) is 7.39. The first-order chi connectivity index (χ1) is 5.90. The minimum atomic E-state index is 0.982. The first-order valence-electron chi connectivity index (χ1n) is 4.58. The van der Waals surface area contributed by atoms with Crippen molar-refractivity contribution < 1.29 is 0 Å². The maximum absolute atomic E-state index is 4.60. The van der Waals surface area contributed by atoms with Gasteiger partial charge in [-0.3, -0.25) is 0 Å². The second kappa shape index (κ2) is 3.54. The standard InChI is InChI=1S/C9H14N2S/c1-2-3-9-11-7-6-10-5-4-8(7)12-9/h10H,2-6H2,1H3. The van der Waals surface area contributed by atoms with Crippen LogP contribution in [0.15, 0.2) is 0 Å². The Morgan fingerprint density at radius 2 is 2.50 bits per heavy atom. The number of hydrogen-bond donors (Lipinski definition) is 1. The van der Waals surface area contributed by atoms with E-state index in [1.54, 1.807) is 0 Å². The lowest BCUT2D eigenvalue weighted by molar-refractivity contribution is 0.637. The number of nitrogens with one attached hydrogen (secondary N) is 1. The summed E-state index contributed by atoms with van der Waals surface area (Å²) in [5.74, 6) is 0. The molecule has 0 aromatic carbocycles. The molecule has 1 N–H and O–H groups in total. The van der Waals surface area contributed by atoms with E-state index >= 15 is 0 Å². The molecule has 1 aliphatic rings. The zero-order valence-corrected chi connectivity index (χ0v) is 8.21. The lowest BCUT2D eigenvalue weighted by Crippen LogP contribution is -2.22. The van der Waals surface area contributed by atoms with Crippen molar-refractivity contribution in [3.63, 3.8) is 0 Å². The van der Waals surface area contributed by atoms with Crippen LogP contribution >= 0.6 is 11.3 Å². The average molecular weight is 182 g/mol. The average Bonchev–Trinajstić information content (AvgIpc) is 2.47. The molecular weight excluding hydrogens is 168 g/mol. The minimum Gasteiger partial charge on any atom is -0.311 e. The quantitative estimate of drug-likeness (QED) is 0.753. The molecule has 0 aliphatic carbocycles. The summed E-state index contributed by atoms with van der Waals surface area (Å²) in [5.41, 5.74) is 1.30. The number of aromatic nitrogens is 1. The largest absolute Gasteiger partial charge is 0.311 e. The normalized spacial score (nSPS) is 16.1. The van der Waals surface area contributed by atoms with Gasteiger partial charge in [0.2, 0.25) is 0 Å². The summed E-state index contributed by atoms with van der Waals surface area (Å²) in [6, 6.07) is 0. The number of rotatable bonds is 2. The molecule has 0 bridgehead atoms. The molecule has 1 aromatic heterocycles. The topological polar surface area (TPSA) is 24.9 Å². The summed E-state index contributed by atoms with van der Waals surface area (Å²) in [6.45, 7) is 4.31. The van der Waals surface area contributed by atoms with Crippen LogP contribution in [0, 0.1) is 0 Å².